The zero-order chi connectivity index (χ0) is 32.3. The van der Waals surface area contributed by atoms with Gasteiger partial charge in [-0.2, -0.15) is 0 Å². The Morgan fingerprint density at radius 1 is 0.327 bits per heavy atom. The standard InChI is InChI=1S/C45H27N3O/c1-3-9-28(10-4-1)29-15-18-32(19-16-29)44-46-43(31-11-5-2-6-12-31)47-45(48-44)34-22-23-35-33(27-34)20-17-30-21-24-39-37(41(30)35)25-26-38-36-13-7-8-14-40(36)49-42(38)39/h1-27H. The Morgan fingerprint density at radius 2 is 0.816 bits per heavy atom. The van der Waals surface area contributed by atoms with Gasteiger partial charge in [0.25, 0.3) is 0 Å². The minimum Gasteiger partial charge on any atom is -0.455 e. The fraction of sp³-hybridized carbons (Fsp3) is 0. The third kappa shape index (κ3) is 4.57. The summed E-state index contributed by atoms with van der Waals surface area (Å²) in [5, 5.41) is 9.27. The summed E-state index contributed by atoms with van der Waals surface area (Å²) in [4.78, 5) is 15.0. The molecule has 0 radical (unpaired) electrons. The normalized spacial score (nSPS) is 11.7. The van der Waals surface area contributed by atoms with Gasteiger partial charge < -0.3 is 4.42 Å². The predicted molar refractivity (Wildman–Crippen MR) is 201 cm³/mol. The molecule has 0 fully saturated rings. The third-order valence-corrected chi connectivity index (χ3v) is 9.51. The largest absolute Gasteiger partial charge is 0.455 e. The summed E-state index contributed by atoms with van der Waals surface area (Å²) < 4.78 is 6.41. The quantitative estimate of drug-likeness (QED) is 0.183. The van der Waals surface area contributed by atoms with E-state index in [9.17, 15) is 0 Å². The monoisotopic (exact) mass is 625 g/mol. The molecule has 2 heterocycles. The van der Waals surface area contributed by atoms with E-state index >= 15 is 0 Å². The Balaban J connectivity index is 1.13. The van der Waals surface area contributed by atoms with Crippen LogP contribution in [0, 0.1) is 0 Å². The number of hydrogen-bond acceptors (Lipinski definition) is 4. The van der Waals surface area contributed by atoms with Gasteiger partial charge in [-0.15, -0.1) is 0 Å². The lowest BCUT2D eigenvalue weighted by molar-refractivity contribution is 0.672. The van der Waals surface area contributed by atoms with Crippen LogP contribution >= 0.6 is 0 Å². The Hall–Kier alpha value is -6.65. The first-order valence-corrected chi connectivity index (χ1v) is 16.4. The number of furan rings is 1. The van der Waals surface area contributed by atoms with Crippen LogP contribution in [0.15, 0.2) is 168 Å². The summed E-state index contributed by atoms with van der Waals surface area (Å²) in [5.41, 5.74) is 6.99. The lowest BCUT2D eigenvalue weighted by Crippen LogP contribution is -2.00. The Bertz CT molecular complexity index is 2860. The average Bonchev–Trinajstić information content (AvgIpc) is 3.57. The number of para-hydroxylation sites is 1. The molecule has 0 N–H and O–H groups in total. The first-order valence-electron chi connectivity index (χ1n) is 16.4. The van der Waals surface area contributed by atoms with Crippen LogP contribution in [-0.4, -0.2) is 15.0 Å². The van der Waals surface area contributed by atoms with Crippen LogP contribution in [0.5, 0.6) is 0 Å². The molecule has 0 saturated heterocycles. The Labute approximate surface area is 282 Å². The first-order chi connectivity index (χ1) is 24.3. The van der Waals surface area contributed by atoms with E-state index in [-0.39, 0.29) is 0 Å². The van der Waals surface area contributed by atoms with Crippen molar-refractivity contribution in [3.8, 4) is 45.3 Å². The van der Waals surface area contributed by atoms with Crippen LogP contribution < -0.4 is 0 Å². The number of aromatic nitrogens is 3. The van der Waals surface area contributed by atoms with Crippen LogP contribution in [0.4, 0.5) is 0 Å². The average molecular weight is 626 g/mol. The van der Waals surface area contributed by atoms with Gasteiger partial charge >= 0.3 is 0 Å². The molecule has 49 heavy (non-hydrogen) atoms. The smallest absolute Gasteiger partial charge is 0.164 e. The van der Waals surface area contributed by atoms with E-state index in [1.165, 1.54) is 27.1 Å². The summed E-state index contributed by atoms with van der Waals surface area (Å²) >= 11 is 0. The summed E-state index contributed by atoms with van der Waals surface area (Å²) in [5.74, 6) is 1.93. The molecular weight excluding hydrogens is 599 g/mol. The molecular formula is C45H27N3O. The van der Waals surface area contributed by atoms with E-state index in [4.69, 9.17) is 19.4 Å². The number of fused-ring (bicyclic) bond motifs is 9. The van der Waals surface area contributed by atoms with E-state index in [0.717, 1.165) is 55.0 Å². The highest BCUT2D eigenvalue weighted by molar-refractivity contribution is 6.26. The van der Waals surface area contributed by atoms with Gasteiger partial charge in [0, 0.05) is 32.8 Å². The van der Waals surface area contributed by atoms with Gasteiger partial charge in [0.1, 0.15) is 11.2 Å². The first kappa shape index (κ1) is 27.5. The van der Waals surface area contributed by atoms with E-state index in [1.54, 1.807) is 0 Å². The van der Waals surface area contributed by atoms with Gasteiger partial charge in [-0.05, 0) is 62.3 Å². The second-order valence-corrected chi connectivity index (χ2v) is 12.4. The number of nitrogens with zero attached hydrogens (tertiary/aromatic N) is 3. The molecule has 0 atom stereocenters. The molecule has 0 aliphatic rings. The highest BCUT2D eigenvalue weighted by Crippen LogP contribution is 2.39. The van der Waals surface area contributed by atoms with Gasteiger partial charge in [-0.3, -0.25) is 0 Å². The van der Waals surface area contributed by atoms with E-state index in [0.29, 0.717) is 17.5 Å². The van der Waals surface area contributed by atoms with Crippen molar-refractivity contribution < 1.29 is 4.42 Å². The molecule has 0 aliphatic carbocycles. The van der Waals surface area contributed by atoms with E-state index in [1.807, 2.05) is 48.5 Å². The fourth-order valence-corrected chi connectivity index (χ4v) is 7.08. The summed E-state index contributed by atoms with van der Waals surface area (Å²) in [6.07, 6.45) is 0. The Morgan fingerprint density at radius 3 is 1.59 bits per heavy atom. The second-order valence-electron chi connectivity index (χ2n) is 12.4. The molecule has 228 valence electrons. The van der Waals surface area contributed by atoms with Gasteiger partial charge in [-0.25, -0.2) is 15.0 Å². The van der Waals surface area contributed by atoms with Crippen LogP contribution in [0.2, 0.25) is 0 Å². The van der Waals surface area contributed by atoms with Crippen LogP contribution in [0.3, 0.4) is 0 Å². The number of benzene rings is 8. The lowest BCUT2D eigenvalue weighted by atomic mass is 9.94. The maximum atomic E-state index is 6.41. The maximum absolute atomic E-state index is 6.41. The van der Waals surface area contributed by atoms with E-state index < -0.39 is 0 Å². The minimum absolute atomic E-state index is 0.639. The molecule has 4 heteroatoms. The molecule has 0 saturated carbocycles. The predicted octanol–water partition coefficient (Wildman–Crippen LogP) is 11.9. The van der Waals surface area contributed by atoms with Crippen molar-refractivity contribution in [1.29, 1.82) is 0 Å². The second kappa shape index (κ2) is 11.0. The van der Waals surface area contributed by atoms with E-state index in [2.05, 4.69) is 115 Å². The fourth-order valence-electron chi connectivity index (χ4n) is 7.08. The number of rotatable bonds is 4. The highest BCUT2D eigenvalue weighted by atomic mass is 16.3. The third-order valence-electron chi connectivity index (χ3n) is 9.51. The molecule has 0 bridgehead atoms. The van der Waals surface area contributed by atoms with Gasteiger partial charge in [0.05, 0.1) is 0 Å². The molecule has 0 unspecified atom stereocenters. The van der Waals surface area contributed by atoms with Crippen LogP contribution in [-0.2, 0) is 0 Å². The van der Waals surface area contributed by atoms with Crippen LogP contribution in [0.1, 0.15) is 0 Å². The molecule has 10 rings (SSSR count). The van der Waals surface area contributed by atoms with Crippen molar-refractivity contribution in [2.75, 3.05) is 0 Å². The molecule has 0 aliphatic heterocycles. The Kier molecular flexibility index (Phi) is 6.15. The van der Waals surface area contributed by atoms with Crippen molar-refractivity contribution in [1.82, 2.24) is 15.0 Å². The van der Waals surface area contributed by atoms with Crippen molar-refractivity contribution in [2.45, 2.75) is 0 Å². The maximum Gasteiger partial charge on any atom is 0.164 e. The molecule has 10 aromatic rings. The summed E-state index contributed by atoms with van der Waals surface area (Å²) in [6.45, 7) is 0. The highest BCUT2D eigenvalue weighted by Gasteiger charge is 2.16. The van der Waals surface area contributed by atoms with Crippen molar-refractivity contribution >= 4 is 54.3 Å². The van der Waals surface area contributed by atoms with Crippen molar-refractivity contribution in [3.05, 3.63) is 164 Å². The molecule has 4 nitrogen and oxygen atoms in total. The van der Waals surface area contributed by atoms with Crippen molar-refractivity contribution in [3.63, 3.8) is 0 Å². The van der Waals surface area contributed by atoms with Gasteiger partial charge in [0.2, 0.25) is 0 Å². The molecule has 0 amide bonds. The number of hydrogen-bond donors (Lipinski definition) is 0. The van der Waals surface area contributed by atoms with Crippen molar-refractivity contribution in [2.24, 2.45) is 0 Å². The zero-order valence-electron chi connectivity index (χ0n) is 26.3. The minimum atomic E-state index is 0.639. The van der Waals surface area contributed by atoms with Crippen LogP contribution in [0.25, 0.3) is 99.5 Å². The molecule has 2 aromatic heterocycles. The summed E-state index contributed by atoms with van der Waals surface area (Å²) in [6, 6.07) is 56.9. The van der Waals surface area contributed by atoms with Gasteiger partial charge in [0.15, 0.2) is 17.5 Å². The lowest BCUT2D eigenvalue weighted by Gasteiger charge is -2.11. The molecule has 0 spiro atoms. The van der Waals surface area contributed by atoms with Gasteiger partial charge in [-0.1, -0.05) is 140 Å². The SMILES string of the molecule is c1ccc(-c2ccc(-c3nc(-c4ccccc4)nc(-c4ccc5c(ccc6ccc7c(ccc8c9ccccc9oc87)c65)c4)n3)cc2)cc1. The topological polar surface area (TPSA) is 51.8 Å². The zero-order valence-corrected chi connectivity index (χ0v) is 26.3. The molecule has 8 aromatic carbocycles. The summed E-state index contributed by atoms with van der Waals surface area (Å²) in [7, 11) is 0.